The van der Waals surface area contributed by atoms with Gasteiger partial charge in [0.05, 0.1) is 5.69 Å². The lowest BCUT2D eigenvalue weighted by molar-refractivity contribution is -0.149. The second kappa shape index (κ2) is 7.92. The molecule has 28 heavy (non-hydrogen) atoms. The van der Waals surface area contributed by atoms with Crippen LogP contribution in [-0.4, -0.2) is 25.9 Å². The lowest BCUT2D eigenvalue weighted by Crippen LogP contribution is -2.10. The van der Waals surface area contributed by atoms with E-state index in [1.54, 1.807) is 30.7 Å². The number of hydrogen-bond acceptors (Lipinski definition) is 6. The van der Waals surface area contributed by atoms with Crippen LogP contribution in [0.2, 0.25) is 0 Å². The fraction of sp³-hybridized carbons (Fsp3) is 0.400. The molecule has 1 atom stereocenters. The second-order valence-corrected chi connectivity index (χ2v) is 6.83. The Morgan fingerprint density at radius 2 is 2.07 bits per heavy atom. The van der Waals surface area contributed by atoms with Crippen molar-refractivity contribution in [2.75, 3.05) is 0 Å². The molecule has 0 aliphatic rings. The molecule has 0 saturated heterocycles. The first kappa shape index (κ1) is 19.7. The van der Waals surface area contributed by atoms with Gasteiger partial charge in [-0.05, 0) is 51.3 Å². The van der Waals surface area contributed by atoms with Crippen LogP contribution in [0.25, 0.3) is 11.4 Å². The maximum atomic E-state index is 13.7. The minimum atomic E-state index is -0.694. The number of aryl methyl sites for hydroxylation is 3. The standard InChI is InChI=1S/C20H23FN4O3/c1-11-6-7-15(10-17(11)21)19-22-20(28-24-19)14(4)27-18(26)9-8-16-12(2)23-25(5)13(16)3/h6-7,10,14H,8-9H2,1-5H3. The molecule has 0 fully saturated rings. The zero-order valence-electron chi connectivity index (χ0n) is 16.6. The number of hydrogen-bond donors (Lipinski definition) is 0. The number of benzene rings is 1. The van der Waals surface area contributed by atoms with Crippen LogP contribution in [0.1, 0.15) is 47.9 Å². The highest BCUT2D eigenvalue weighted by molar-refractivity contribution is 5.70. The molecule has 1 unspecified atom stereocenters. The Labute approximate surface area is 162 Å². The third kappa shape index (κ3) is 4.11. The van der Waals surface area contributed by atoms with E-state index < -0.39 is 6.10 Å². The first-order valence-corrected chi connectivity index (χ1v) is 9.05. The molecule has 3 rings (SSSR count). The molecule has 0 spiro atoms. The molecule has 3 aromatic rings. The molecule has 0 aliphatic carbocycles. The van der Waals surface area contributed by atoms with E-state index in [1.165, 1.54) is 6.07 Å². The molecule has 8 heteroatoms. The van der Waals surface area contributed by atoms with Gasteiger partial charge in [0.2, 0.25) is 5.82 Å². The Kier molecular flexibility index (Phi) is 5.58. The van der Waals surface area contributed by atoms with Crippen molar-refractivity contribution >= 4 is 5.97 Å². The highest BCUT2D eigenvalue weighted by Crippen LogP contribution is 2.23. The smallest absolute Gasteiger partial charge is 0.306 e. The van der Waals surface area contributed by atoms with Crippen LogP contribution in [0, 0.1) is 26.6 Å². The summed E-state index contributed by atoms with van der Waals surface area (Å²) in [7, 11) is 1.87. The third-order valence-corrected chi connectivity index (χ3v) is 4.77. The van der Waals surface area contributed by atoms with E-state index >= 15 is 0 Å². The van der Waals surface area contributed by atoms with Gasteiger partial charge in [-0.1, -0.05) is 17.3 Å². The summed E-state index contributed by atoms with van der Waals surface area (Å²) >= 11 is 0. The first-order chi connectivity index (χ1) is 13.3. The zero-order chi connectivity index (χ0) is 20.4. The Morgan fingerprint density at radius 3 is 2.71 bits per heavy atom. The van der Waals surface area contributed by atoms with Gasteiger partial charge in [-0.3, -0.25) is 9.48 Å². The SMILES string of the molecule is Cc1ccc(-c2noc(C(C)OC(=O)CCc3c(C)nn(C)c3C)n2)cc1F. The van der Waals surface area contributed by atoms with E-state index in [-0.39, 0.29) is 29.9 Å². The van der Waals surface area contributed by atoms with Crippen molar-refractivity contribution in [1.82, 2.24) is 19.9 Å². The quantitative estimate of drug-likeness (QED) is 0.600. The molecule has 2 aromatic heterocycles. The molecule has 148 valence electrons. The van der Waals surface area contributed by atoms with E-state index in [2.05, 4.69) is 15.2 Å². The predicted molar refractivity (Wildman–Crippen MR) is 99.9 cm³/mol. The fourth-order valence-electron chi connectivity index (χ4n) is 2.96. The van der Waals surface area contributed by atoms with Crippen LogP contribution >= 0.6 is 0 Å². The second-order valence-electron chi connectivity index (χ2n) is 6.83. The number of carbonyl (C=O) groups excluding carboxylic acids is 1. The van der Waals surface area contributed by atoms with Crippen molar-refractivity contribution in [3.63, 3.8) is 0 Å². The highest BCUT2D eigenvalue weighted by Gasteiger charge is 2.20. The monoisotopic (exact) mass is 386 g/mol. The van der Waals surface area contributed by atoms with E-state index in [0.29, 0.717) is 17.5 Å². The van der Waals surface area contributed by atoms with E-state index in [0.717, 1.165) is 17.0 Å². The van der Waals surface area contributed by atoms with Crippen molar-refractivity contribution in [2.45, 2.75) is 46.6 Å². The average molecular weight is 386 g/mol. The van der Waals surface area contributed by atoms with Crippen LogP contribution in [0.4, 0.5) is 4.39 Å². The Hall–Kier alpha value is -3.03. The maximum Gasteiger partial charge on any atom is 0.306 e. The molecule has 0 N–H and O–H groups in total. The molecule has 2 heterocycles. The summed E-state index contributed by atoms with van der Waals surface area (Å²) < 4.78 is 26.1. The van der Waals surface area contributed by atoms with Crippen LogP contribution in [-0.2, 0) is 23.0 Å². The van der Waals surface area contributed by atoms with Crippen molar-refractivity contribution < 1.29 is 18.4 Å². The zero-order valence-corrected chi connectivity index (χ0v) is 16.6. The van der Waals surface area contributed by atoms with Crippen molar-refractivity contribution in [3.05, 3.63) is 52.4 Å². The van der Waals surface area contributed by atoms with Gasteiger partial charge in [-0.25, -0.2) is 4.39 Å². The number of ether oxygens (including phenoxy) is 1. The summed E-state index contributed by atoms with van der Waals surface area (Å²) in [5.41, 5.74) is 4.03. The molecule has 0 saturated carbocycles. The van der Waals surface area contributed by atoms with Crippen molar-refractivity contribution in [2.24, 2.45) is 7.05 Å². The Bertz CT molecular complexity index is 1010. The summed E-state index contributed by atoms with van der Waals surface area (Å²) in [5, 5.41) is 8.19. The predicted octanol–water partition coefficient (Wildman–Crippen LogP) is 3.77. The van der Waals surface area contributed by atoms with E-state index in [9.17, 15) is 9.18 Å². The number of rotatable bonds is 6. The number of aromatic nitrogens is 4. The number of esters is 1. The molecule has 0 amide bonds. The van der Waals surface area contributed by atoms with Crippen LogP contribution in [0.3, 0.4) is 0 Å². The van der Waals surface area contributed by atoms with Gasteiger partial charge in [-0.2, -0.15) is 10.1 Å². The molecule has 0 aliphatic heterocycles. The van der Waals surface area contributed by atoms with Gasteiger partial charge >= 0.3 is 5.97 Å². The topological polar surface area (TPSA) is 83.0 Å². The lowest BCUT2D eigenvalue weighted by Gasteiger charge is -2.09. The minimum Gasteiger partial charge on any atom is -0.453 e. The molecule has 7 nitrogen and oxygen atoms in total. The van der Waals surface area contributed by atoms with E-state index in [4.69, 9.17) is 9.26 Å². The van der Waals surface area contributed by atoms with Crippen LogP contribution in [0.5, 0.6) is 0 Å². The molecule has 1 aromatic carbocycles. The number of nitrogens with zero attached hydrogens (tertiary/aromatic N) is 4. The van der Waals surface area contributed by atoms with Gasteiger partial charge in [-0.15, -0.1) is 0 Å². The average Bonchev–Trinajstić information content (AvgIpc) is 3.22. The normalized spacial score (nSPS) is 12.2. The summed E-state index contributed by atoms with van der Waals surface area (Å²) in [6.45, 7) is 7.23. The molecule has 0 bridgehead atoms. The van der Waals surface area contributed by atoms with Crippen LogP contribution in [0.15, 0.2) is 22.7 Å². The van der Waals surface area contributed by atoms with Crippen LogP contribution < -0.4 is 0 Å². The minimum absolute atomic E-state index is 0.165. The van der Waals surface area contributed by atoms with Gasteiger partial charge in [0.1, 0.15) is 5.82 Å². The Balaban J connectivity index is 1.61. The summed E-state index contributed by atoms with van der Waals surface area (Å²) in [5.74, 6) is -0.294. The first-order valence-electron chi connectivity index (χ1n) is 9.05. The molecular formula is C20H23FN4O3. The molecule has 0 radical (unpaired) electrons. The summed E-state index contributed by atoms with van der Waals surface area (Å²) in [6.07, 6.45) is 0.0802. The number of carbonyl (C=O) groups is 1. The Morgan fingerprint density at radius 1 is 1.32 bits per heavy atom. The largest absolute Gasteiger partial charge is 0.453 e. The van der Waals surface area contributed by atoms with Gasteiger partial charge in [0, 0.05) is 24.7 Å². The highest BCUT2D eigenvalue weighted by atomic mass is 19.1. The number of halogens is 1. The summed E-state index contributed by atoms with van der Waals surface area (Å²) in [4.78, 5) is 16.4. The van der Waals surface area contributed by atoms with Crippen molar-refractivity contribution in [1.29, 1.82) is 0 Å². The van der Waals surface area contributed by atoms with Gasteiger partial charge in [0.15, 0.2) is 6.10 Å². The molecular weight excluding hydrogens is 363 g/mol. The maximum absolute atomic E-state index is 13.7. The fourth-order valence-corrected chi connectivity index (χ4v) is 2.96. The summed E-state index contributed by atoms with van der Waals surface area (Å²) in [6, 6.07) is 4.70. The van der Waals surface area contributed by atoms with Gasteiger partial charge in [0.25, 0.3) is 5.89 Å². The lowest BCUT2D eigenvalue weighted by atomic mass is 10.1. The van der Waals surface area contributed by atoms with Gasteiger partial charge < -0.3 is 9.26 Å². The third-order valence-electron chi connectivity index (χ3n) is 4.77. The van der Waals surface area contributed by atoms with E-state index in [1.807, 2.05) is 20.9 Å². The van der Waals surface area contributed by atoms with Crippen molar-refractivity contribution in [3.8, 4) is 11.4 Å².